The molecule has 2 rings (SSSR count). The Balaban J connectivity index is 1.79. The maximum atomic E-state index is 11.7. The van der Waals surface area contributed by atoms with Crippen LogP contribution < -0.4 is 10.1 Å². The number of hydrogen-bond donors (Lipinski definition) is 2. The molecule has 0 unspecified atom stereocenters. The lowest BCUT2D eigenvalue weighted by atomic mass is 9.77. The average molecular weight is 270 g/mol. The first-order valence-electron chi connectivity index (χ1n) is 5.94. The lowest BCUT2D eigenvalue weighted by Gasteiger charge is -2.40. The summed E-state index contributed by atoms with van der Waals surface area (Å²) in [7, 11) is 0. The molecule has 0 heterocycles. The Morgan fingerprint density at radius 2 is 2.06 bits per heavy atom. The third-order valence-corrected chi connectivity index (χ3v) is 3.45. The largest absolute Gasteiger partial charge is 0.484 e. The Morgan fingerprint density at radius 1 is 1.39 bits per heavy atom. The van der Waals surface area contributed by atoms with E-state index in [1.165, 1.54) is 0 Å². The predicted octanol–water partition coefficient (Wildman–Crippen LogP) is 1.75. The van der Waals surface area contributed by atoms with E-state index in [4.69, 9.17) is 16.3 Å². The number of benzene rings is 1. The van der Waals surface area contributed by atoms with Gasteiger partial charge in [-0.3, -0.25) is 4.79 Å². The number of aliphatic hydroxyl groups is 1. The van der Waals surface area contributed by atoms with E-state index in [0.29, 0.717) is 10.8 Å². The molecule has 0 bridgehead atoms. The number of rotatable bonds is 5. The fraction of sp³-hybridized carbons (Fsp3) is 0.462. The Morgan fingerprint density at radius 3 is 2.56 bits per heavy atom. The molecule has 1 aromatic rings. The van der Waals surface area contributed by atoms with Crippen LogP contribution >= 0.6 is 11.6 Å². The third-order valence-electron chi connectivity index (χ3n) is 3.20. The van der Waals surface area contributed by atoms with Crippen molar-refractivity contribution in [2.45, 2.75) is 24.8 Å². The van der Waals surface area contributed by atoms with E-state index in [0.717, 1.165) is 19.3 Å². The molecule has 1 aliphatic carbocycles. The van der Waals surface area contributed by atoms with Gasteiger partial charge in [0.2, 0.25) is 0 Å². The average Bonchev–Trinajstić information content (AvgIpc) is 2.33. The zero-order chi connectivity index (χ0) is 13.0. The molecule has 0 saturated heterocycles. The number of ether oxygens (including phenoxy) is 1. The van der Waals surface area contributed by atoms with Crippen molar-refractivity contribution < 1.29 is 14.6 Å². The first-order valence-corrected chi connectivity index (χ1v) is 6.32. The van der Waals surface area contributed by atoms with Crippen molar-refractivity contribution in [2.24, 2.45) is 0 Å². The number of amides is 1. The van der Waals surface area contributed by atoms with Gasteiger partial charge >= 0.3 is 0 Å². The summed E-state index contributed by atoms with van der Waals surface area (Å²) in [6, 6.07) is 6.83. The molecule has 1 amide bonds. The van der Waals surface area contributed by atoms with Gasteiger partial charge in [0, 0.05) is 5.02 Å². The SMILES string of the molecule is O=C(COc1ccc(Cl)cc1)NC1(CO)CCC1. The summed E-state index contributed by atoms with van der Waals surface area (Å²) in [5.74, 6) is 0.389. The van der Waals surface area contributed by atoms with Crippen LogP contribution in [0, 0.1) is 0 Å². The highest BCUT2D eigenvalue weighted by Gasteiger charge is 2.37. The van der Waals surface area contributed by atoms with Crippen LogP contribution in [0.4, 0.5) is 0 Å². The van der Waals surface area contributed by atoms with E-state index in [-0.39, 0.29) is 19.1 Å². The molecular weight excluding hydrogens is 254 g/mol. The molecule has 1 aromatic carbocycles. The maximum absolute atomic E-state index is 11.7. The molecule has 4 nitrogen and oxygen atoms in total. The van der Waals surface area contributed by atoms with Gasteiger partial charge in [0.05, 0.1) is 12.1 Å². The Kier molecular flexibility index (Phi) is 4.09. The van der Waals surface area contributed by atoms with Gasteiger partial charge < -0.3 is 15.2 Å². The van der Waals surface area contributed by atoms with Crippen LogP contribution in [-0.2, 0) is 4.79 Å². The van der Waals surface area contributed by atoms with Gasteiger partial charge in [-0.25, -0.2) is 0 Å². The van der Waals surface area contributed by atoms with Crippen molar-refractivity contribution in [3.8, 4) is 5.75 Å². The third kappa shape index (κ3) is 3.15. The zero-order valence-corrected chi connectivity index (χ0v) is 10.7. The van der Waals surface area contributed by atoms with Crippen LogP contribution in [0.1, 0.15) is 19.3 Å². The summed E-state index contributed by atoms with van der Waals surface area (Å²) < 4.78 is 5.33. The minimum atomic E-state index is -0.416. The number of carbonyl (C=O) groups excluding carboxylic acids is 1. The number of aliphatic hydroxyl groups excluding tert-OH is 1. The first-order chi connectivity index (χ1) is 8.63. The van der Waals surface area contributed by atoms with Crippen molar-refractivity contribution in [3.05, 3.63) is 29.3 Å². The Labute approximate surface area is 111 Å². The summed E-state index contributed by atoms with van der Waals surface area (Å²) in [4.78, 5) is 11.7. The second-order valence-electron chi connectivity index (χ2n) is 4.58. The Hall–Kier alpha value is -1.26. The van der Waals surface area contributed by atoms with E-state index in [2.05, 4.69) is 5.32 Å². The van der Waals surface area contributed by atoms with Crippen molar-refractivity contribution in [2.75, 3.05) is 13.2 Å². The van der Waals surface area contributed by atoms with E-state index < -0.39 is 5.54 Å². The zero-order valence-electron chi connectivity index (χ0n) is 9.99. The van der Waals surface area contributed by atoms with Crippen LogP contribution in [0.3, 0.4) is 0 Å². The predicted molar refractivity (Wildman–Crippen MR) is 68.8 cm³/mol. The van der Waals surface area contributed by atoms with E-state index in [1.54, 1.807) is 24.3 Å². The maximum Gasteiger partial charge on any atom is 0.258 e. The number of nitrogens with one attached hydrogen (secondary N) is 1. The van der Waals surface area contributed by atoms with Gasteiger partial charge in [0.1, 0.15) is 5.75 Å². The van der Waals surface area contributed by atoms with Gasteiger partial charge in [0.25, 0.3) is 5.91 Å². The molecule has 1 saturated carbocycles. The quantitative estimate of drug-likeness (QED) is 0.856. The van der Waals surface area contributed by atoms with Crippen LogP contribution in [0.25, 0.3) is 0 Å². The molecule has 0 atom stereocenters. The second kappa shape index (κ2) is 5.59. The van der Waals surface area contributed by atoms with Crippen LogP contribution in [0.15, 0.2) is 24.3 Å². The lowest BCUT2D eigenvalue weighted by molar-refractivity contribution is -0.127. The number of halogens is 1. The van der Waals surface area contributed by atoms with E-state index in [9.17, 15) is 9.90 Å². The normalized spacial score (nSPS) is 16.8. The molecular formula is C13H16ClNO3. The minimum Gasteiger partial charge on any atom is -0.484 e. The monoisotopic (exact) mass is 269 g/mol. The molecule has 0 aromatic heterocycles. The molecule has 1 fully saturated rings. The van der Waals surface area contributed by atoms with Crippen molar-refractivity contribution in [3.63, 3.8) is 0 Å². The van der Waals surface area contributed by atoms with Gasteiger partial charge in [-0.1, -0.05) is 11.6 Å². The van der Waals surface area contributed by atoms with Crippen molar-refractivity contribution in [1.29, 1.82) is 0 Å². The summed E-state index contributed by atoms with van der Waals surface area (Å²) in [5, 5.41) is 12.7. The van der Waals surface area contributed by atoms with Gasteiger partial charge in [-0.2, -0.15) is 0 Å². The van der Waals surface area contributed by atoms with Gasteiger partial charge in [-0.15, -0.1) is 0 Å². The highest BCUT2D eigenvalue weighted by molar-refractivity contribution is 6.30. The summed E-state index contributed by atoms with van der Waals surface area (Å²) in [6.45, 7) is -0.0664. The summed E-state index contributed by atoms with van der Waals surface area (Å²) in [5.41, 5.74) is -0.416. The van der Waals surface area contributed by atoms with Crippen LogP contribution in [0.2, 0.25) is 5.02 Å². The smallest absolute Gasteiger partial charge is 0.258 e. The summed E-state index contributed by atoms with van der Waals surface area (Å²) in [6.07, 6.45) is 2.70. The fourth-order valence-electron chi connectivity index (χ4n) is 1.94. The molecule has 0 aliphatic heterocycles. The molecule has 0 spiro atoms. The van der Waals surface area contributed by atoms with Crippen LogP contribution in [-0.4, -0.2) is 29.8 Å². The Bertz CT molecular complexity index is 409. The van der Waals surface area contributed by atoms with Crippen molar-refractivity contribution >= 4 is 17.5 Å². The fourth-order valence-corrected chi connectivity index (χ4v) is 2.06. The standard InChI is InChI=1S/C13H16ClNO3/c14-10-2-4-11(5-3-10)18-8-12(17)15-13(9-16)6-1-7-13/h2-5,16H,1,6-9H2,(H,15,17). The molecule has 1 aliphatic rings. The van der Waals surface area contributed by atoms with E-state index >= 15 is 0 Å². The van der Waals surface area contributed by atoms with Crippen molar-refractivity contribution in [1.82, 2.24) is 5.32 Å². The molecule has 5 heteroatoms. The van der Waals surface area contributed by atoms with Gasteiger partial charge in [-0.05, 0) is 43.5 Å². The highest BCUT2D eigenvalue weighted by atomic mass is 35.5. The molecule has 2 N–H and O–H groups in total. The molecule has 98 valence electrons. The molecule has 0 radical (unpaired) electrons. The summed E-state index contributed by atoms with van der Waals surface area (Å²) >= 11 is 5.74. The number of hydrogen-bond acceptors (Lipinski definition) is 3. The minimum absolute atomic E-state index is 0.0142. The first kappa shape index (κ1) is 13.2. The number of carbonyl (C=O) groups is 1. The van der Waals surface area contributed by atoms with Gasteiger partial charge in [0.15, 0.2) is 6.61 Å². The highest BCUT2D eigenvalue weighted by Crippen LogP contribution is 2.31. The topological polar surface area (TPSA) is 58.6 Å². The van der Waals surface area contributed by atoms with E-state index in [1.807, 2.05) is 0 Å². The second-order valence-corrected chi connectivity index (χ2v) is 5.02. The molecule has 18 heavy (non-hydrogen) atoms. The van der Waals surface area contributed by atoms with Crippen LogP contribution in [0.5, 0.6) is 5.75 Å². The lowest BCUT2D eigenvalue weighted by Crippen LogP contribution is -2.57.